The van der Waals surface area contributed by atoms with Crippen molar-refractivity contribution in [2.45, 2.75) is 13.3 Å². The van der Waals surface area contributed by atoms with Crippen molar-refractivity contribution in [3.8, 4) is 17.6 Å². The van der Waals surface area contributed by atoms with Crippen molar-refractivity contribution in [3.63, 3.8) is 0 Å². The number of aromatic hydroxyl groups is 1. The van der Waals surface area contributed by atoms with E-state index in [0.29, 0.717) is 24.2 Å². The van der Waals surface area contributed by atoms with Crippen molar-refractivity contribution in [1.82, 2.24) is 0 Å². The van der Waals surface area contributed by atoms with Crippen LogP contribution in [0.25, 0.3) is 6.08 Å². The molecule has 0 aliphatic heterocycles. The minimum atomic E-state index is -1.13. The van der Waals surface area contributed by atoms with E-state index in [2.05, 4.69) is 11.9 Å². The predicted octanol–water partition coefficient (Wildman–Crippen LogP) is 3.76. The monoisotopic (exact) mass is 392 g/mol. The molecule has 0 aromatic heterocycles. The second-order valence-corrected chi connectivity index (χ2v) is 5.96. The molecule has 148 valence electrons. The Labute approximate surface area is 168 Å². The summed E-state index contributed by atoms with van der Waals surface area (Å²) in [5.74, 6) is -1.59. The fourth-order valence-corrected chi connectivity index (χ4v) is 2.59. The van der Waals surface area contributed by atoms with Gasteiger partial charge in [-0.25, -0.2) is 4.79 Å². The van der Waals surface area contributed by atoms with Crippen molar-refractivity contribution in [1.29, 1.82) is 5.26 Å². The van der Waals surface area contributed by atoms with E-state index >= 15 is 0 Å². The van der Waals surface area contributed by atoms with Crippen LogP contribution in [-0.2, 0) is 11.2 Å². The van der Waals surface area contributed by atoms with Crippen LogP contribution in [0.5, 0.6) is 11.5 Å². The predicted molar refractivity (Wildman–Crippen MR) is 109 cm³/mol. The van der Waals surface area contributed by atoms with Gasteiger partial charge in [0.15, 0.2) is 11.5 Å². The smallest absolute Gasteiger partial charge is 0.335 e. The van der Waals surface area contributed by atoms with E-state index in [1.165, 1.54) is 36.4 Å². The Morgan fingerprint density at radius 2 is 2.07 bits per heavy atom. The largest absolute Gasteiger partial charge is 0.504 e. The highest BCUT2D eigenvalue weighted by molar-refractivity contribution is 6.10. The number of anilines is 1. The molecule has 0 spiro atoms. The molecule has 0 bridgehead atoms. The number of hydrogen-bond acceptors (Lipinski definition) is 5. The van der Waals surface area contributed by atoms with Gasteiger partial charge in [0.25, 0.3) is 5.91 Å². The molecule has 0 saturated carbocycles. The standard InChI is InChI=1S/C22H20N2O5/c1-3-6-15-9-14(11-19(20(15)25)29-4-2)10-17(13-23)21(26)24-18-8-5-7-16(12-18)22(27)28/h3,5,7-12,25H,1,4,6H2,2H3,(H,24,26)(H,27,28)/b17-10-. The topological polar surface area (TPSA) is 120 Å². The summed E-state index contributed by atoms with van der Waals surface area (Å²) in [6, 6.07) is 10.7. The number of ether oxygens (including phenoxy) is 1. The average molecular weight is 392 g/mol. The molecule has 0 aliphatic carbocycles. The highest BCUT2D eigenvalue weighted by Gasteiger charge is 2.14. The lowest BCUT2D eigenvalue weighted by Gasteiger charge is -2.11. The zero-order valence-corrected chi connectivity index (χ0v) is 15.8. The number of phenolic OH excluding ortho intramolecular Hbond substituents is 1. The molecule has 7 heteroatoms. The Kier molecular flexibility index (Phi) is 7.15. The highest BCUT2D eigenvalue weighted by Crippen LogP contribution is 2.33. The summed E-state index contributed by atoms with van der Waals surface area (Å²) in [4.78, 5) is 23.5. The molecular formula is C22H20N2O5. The van der Waals surface area contributed by atoms with E-state index in [0.717, 1.165) is 0 Å². The normalized spacial score (nSPS) is 10.7. The molecule has 29 heavy (non-hydrogen) atoms. The van der Waals surface area contributed by atoms with E-state index in [9.17, 15) is 20.0 Å². The van der Waals surface area contributed by atoms with Gasteiger partial charge < -0.3 is 20.3 Å². The third-order valence-corrected chi connectivity index (χ3v) is 3.88. The van der Waals surface area contributed by atoms with Gasteiger partial charge in [-0.15, -0.1) is 6.58 Å². The minimum absolute atomic E-state index is 0.0132. The number of carboxylic acid groups (broad SMARTS) is 1. The molecule has 7 nitrogen and oxygen atoms in total. The van der Waals surface area contributed by atoms with E-state index in [1.54, 1.807) is 19.1 Å². The van der Waals surface area contributed by atoms with E-state index in [-0.39, 0.29) is 28.3 Å². The lowest BCUT2D eigenvalue weighted by atomic mass is 10.0. The third kappa shape index (κ3) is 5.47. The molecule has 0 heterocycles. The third-order valence-electron chi connectivity index (χ3n) is 3.88. The van der Waals surface area contributed by atoms with Gasteiger partial charge >= 0.3 is 5.97 Å². The Bertz CT molecular complexity index is 1020. The van der Waals surface area contributed by atoms with Crippen molar-refractivity contribution in [2.24, 2.45) is 0 Å². The maximum Gasteiger partial charge on any atom is 0.335 e. The Morgan fingerprint density at radius 3 is 2.69 bits per heavy atom. The average Bonchev–Trinajstić information content (AvgIpc) is 2.69. The number of hydrogen-bond donors (Lipinski definition) is 3. The van der Waals surface area contributed by atoms with Crippen LogP contribution in [0.15, 0.2) is 54.6 Å². The van der Waals surface area contributed by atoms with Crippen LogP contribution in [0.4, 0.5) is 5.69 Å². The van der Waals surface area contributed by atoms with Gasteiger partial charge in [-0.3, -0.25) is 4.79 Å². The summed E-state index contributed by atoms with van der Waals surface area (Å²) >= 11 is 0. The Balaban J connectivity index is 2.36. The molecule has 1 amide bonds. The maximum atomic E-state index is 12.5. The first-order chi connectivity index (χ1) is 13.9. The number of phenols is 1. The van der Waals surface area contributed by atoms with E-state index < -0.39 is 11.9 Å². The summed E-state index contributed by atoms with van der Waals surface area (Å²) < 4.78 is 5.42. The first-order valence-corrected chi connectivity index (χ1v) is 8.75. The first kappa shape index (κ1) is 21.3. The number of allylic oxidation sites excluding steroid dienone is 1. The van der Waals surface area contributed by atoms with Crippen LogP contribution >= 0.6 is 0 Å². The number of nitrogens with one attached hydrogen (secondary N) is 1. The summed E-state index contributed by atoms with van der Waals surface area (Å²) in [6.07, 6.45) is 3.36. The van der Waals surface area contributed by atoms with Gasteiger partial charge in [-0.1, -0.05) is 12.1 Å². The fourth-order valence-electron chi connectivity index (χ4n) is 2.59. The molecule has 2 aromatic rings. The molecule has 0 fully saturated rings. The van der Waals surface area contributed by atoms with Crippen molar-refractivity contribution in [3.05, 3.63) is 71.3 Å². The summed E-state index contributed by atoms with van der Waals surface area (Å²) in [7, 11) is 0. The van der Waals surface area contributed by atoms with Crippen LogP contribution in [0, 0.1) is 11.3 Å². The zero-order valence-electron chi connectivity index (χ0n) is 15.8. The summed E-state index contributed by atoms with van der Waals surface area (Å²) in [5, 5.41) is 31.2. The number of nitriles is 1. The van der Waals surface area contributed by atoms with Gasteiger partial charge in [-0.05, 0) is 55.3 Å². The van der Waals surface area contributed by atoms with Crippen LogP contribution in [0.3, 0.4) is 0 Å². The minimum Gasteiger partial charge on any atom is -0.504 e. The molecule has 0 unspecified atom stereocenters. The lowest BCUT2D eigenvalue weighted by Crippen LogP contribution is -2.14. The molecule has 0 saturated heterocycles. The molecule has 0 atom stereocenters. The highest BCUT2D eigenvalue weighted by atomic mass is 16.5. The van der Waals surface area contributed by atoms with E-state index in [1.807, 2.05) is 6.07 Å². The number of amides is 1. The second kappa shape index (κ2) is 9.76. The number of carbonyl (C=O) groups excluding carboxylic acids is 1. The van der Waals surface area contributed by atoms with E-state index in [4.69, 9.17) is 9.84 Å². The SMILES string of the molecule is C=CCc1cc(/C=C(/C#N)C(=O)Nc2cccc(C(=O)O)c2)cc(OCC)c1O. The molecule has 3 N–H and O–H groups in total. The number of carboxylic acids is 1. The molecule has 2 rings (SSSR count). The molecule has 0 radical (unpaired) electrons. The van der Waals surface area contributed by atoms with Gasteiger partial charge in [0, 0.05) is 11.3 Å². The summed E-state index contributed by atoms with van der Waals surface area (Å²) in [6.45, 7) is 5.75. The van der Waals surface area contributed by atoms with Gasteiger partial charge in [-0.2, -0.15) is 5.26 Å². The molecular weight excluding hydrogens is 372 g/mol. The Hall–Kier alpha value is -4.05. The quantitative estimate of drug-likeness (QED) is 0.357. The number of carbonyl (C=O) groups is 2. The number of nitrogens with zero attached hydrogens (tertiary/aromatic N) is 1. The summed E-state index contributed by atoms with van der Waals surface area (Å²) in [5.41, 5.74) is 1.12. The zero-order chi connectivity index (χ0) is 21.4. The van der Waals surface area contributed by atoms with Crippen LogP contribution in [0.2, 0.25) is 0 Å². The fraction of sp³-hybridized carbons (Fsp3) is 0.136. The maximum absolute atomic E-state index is 12.5. The van der Waals surface area contributed by atoms with Crippen LogP contribution in [-0.4, -0.2) is 28.7 Å². The number of rotatable bonds is 8. The van der Waals surface area contributed by atoms with Crippen LogP contribution < -0.4 is 10.1 Å². The van der Waals surface area contributed by atoms with Gasteiger partial charge in [0.1, 0.15) is 11.6 Å². The molecule has 0 aliphatic rings. The lowest BCUT2D eigenvalue weighted by molar-refractivity contribution is -0.112. The van der Waals surface area contributed by atoms with Gasteiger partial charge in [0.05, 0.1) is 12.2 Å². The van der Waals surface area contributed by atoms with Crippen molar-refractivity contribution < 1.29 is 24.5 Å². The van der Waals surface area contributed by atoms with Crippen molar-refractivity contribution in [2.75, 3.05) is 11.9 Å². The van der Waals surface area contributed by atoms with Crippen molar-refractivity contribution >= 4 is 23.6 Å². The first-order valence-electron chi connectivity index (χ1n) is 8.75. The van der Waals surface area contributed by atoms with Gasteiger partial charge in [0.2, 0.25) is 0 Å². The number of benzene rings is 2. The Morgan fingerprint density at radius 1 is 1.31 bits per heavy atom. The van der Waals surface area contributed by atoms with Crippen LogP contribution in [0.1, 0.15) is 28.4 Å². The second-order valence-electron chi connectivity index (χ2n) is 5.96. The molecule has 2 aromatic carbocycles. The number of aromatic carboxylic acids is 1.